The SMILES string of the molecule is C[C@@H](O)CCCc1nc2ccc(N)cc2[nH]1. The van der Waals surface area contributed by atoms with Crippen LogP contribution in [0.15, 0.2) is 18.2 Å². The van der Waals surface area contributed by atoms with Gasteiger partial charge in [0.2, 0.25) is 0 Å². The lowest BCUT2D eigenvalue weighted by Gasteiger charge is -2.00. The fourth-order valence-electron chi connectivity index (χ4n) is 1.76. The third kappa shape index (κ3) is 2.52. The van der Waals surface area contributed by atoms with E-state index in [-0.39, 0.29) is 6.10 Å². The molecule has 1 aromatic heterocycles. The molecule has 0 radical (unpaired) electrons. The van der Waals surface area contributed by atoms with E-state index in [4.69, 9.17) is 10.8 Å². The summed E-state index contributed by atoms with van der Waals surface area (Å²) in [5.74, 6) is 0.959. The number of hydrogen-bond donors (Lipinski definition) is 3. The Kier molecular flexibility index (Phi) is 3.10. The van der Waals surface area contributed by atoms with Crippen LogP contribution in [0.2, 0.25) is 0 Å². The molecule has 86 valence electrons. The predicted octanol–water partition coefficient (Wildman–Crippen LogP) is 1.85. The van der Waals surface area contributed by atoms with E-state index in [0.29, 0.717) is 0 Å². The number of H-pyrrole nitrogens is 1. The van der Waals surface area contributed by atoms with Crippen molar-refractivity contribution in [1.29, 1.82) is 0 Å². The van der Waals surface area contributed by atoms with E-state index in [1.807, 2.05) is 18.2 Å². The highest BCUT2D eigenvalue weighted by Crippen LogP contribution is 2.16. The number of aromatic nitrogens is 2. The second-order valence-corrected chi connectivity index (χ2v) is 4.20. The molecule has 2 rings (SSSR count). The van der Waals surface area contributed by atoms with Gasteiger partial charge in [-0.3, -0.25) is 0 Å². The molecule has 1 atom stereocenters. The molecular weight excluding hydrogens is 202 g/mol. The first-order chi connectivity index (χ1) is 7.65. The molecule has 0 unspecified atom stereocenters. The van der Waals surface area contributed by atoms with Crippen molar-refractivity contribution >= 4 is 16.7 Å². The van der Waals surface area contributed by atoms with E-state index < -0.39 is 0 Å². The van der Waals surface area contributed by atoms with Crippen molar-refractivity contribution in [3.05, 3.63) is 24.0 Å². The molecule has 2 aromatic rings. The van der Waals surface area contributed by atoms with Gasteiger partial charge in [-0.1, -0.05) is 0 Å². The van der Waals surface area contributed by atoms with Gasteiger partial charge in [0.05, 0.1) is 17.1 Å². The lowest BCUT2D eigenvalue weighted by molar-refractivity contribution is 0.181. The van der Waals surface area contributed by atoms with Gasteiger partial charge in [0, 0.05) is 12.1 Å². The molecule has 4 N–H and O–H groups in total. The minimum absolute atomic E-state index is 0.236. The fourth-order valence-corrected chi connectivity index (χ4v) is 1.76. The maximum absolute atomic E-state index is 9.16. The Morgan fingerprint density at radius 1 is 1.50 bits per heavy atom. The van der Waals surface area contributed by atoms with E-state index in [0.717, 1.165) is 41.8 Å². The first-order valence-electron chi connectivity index (χ1n) is 5.57. The van der Waals surface area contributed by atoms with Gasteiger partial charge >= 0.3 is 0 Å². The van der Waals surface area contributed by atoms with Crippen LogP contribution in [0.3, 0.4) is 0 Å². The van der Waals surface area contributed by atoms with E-state index in [1.165, 1.54) is 0 Å². The number of aliphatic hydroxyl groups is 1. The zero-order valence-electron chi connectivity index (χ0n) is 9.40. The van der Waals surface area contributed by atoms with Crippen LogP contribution in [0.4, 0.5) is 5.69 Å². The number of nitrogens with two attached hydrogens (primary N) is 1. The van der Waals surface area contributed by atoms with Gasteiger partial charge in [-0.25, -0.2) is 4.98 Å². The van der Waals surface area contributed by atoms with Gasteiger partial charge in [-0.05, 0) is 38.0 Å². The first kappa shape index (κ1) is 11.0. The Hall–Kier alpha value is -1.55. The van der Waals surface area contributed by atoms with Crippen LogP contribution in [-0.4, -0.2) is 21.2 Å². The third-order valence-electron chi connectivity index (χ3n) is 2.59. The number of fused-ring (bicyclic) bond motifs is 1. The molecule has 0 bridgehead atoms. The summed E-state index contributed by atoms with van der Waals surface area (Å²) in [6.45, 7) is 1.80. The smallest absolute Gasteiger partial charge is 0.107 e. The second-order valence-electron chi connectivity index (χ2n) is 4.20. The van der Waals surface area contributed by atoms with Crippen LogP contribution in [0.5, 0.6) is 0 Å². The van der Waals surface area contributed by atoms with Gasteiger partial charge in [0.1, 0.15) is 5.82 Å². The van der Waals surface area contributed by atoms with Crippen LogP contribution in [0.1, 0.15) is 25.6 Å². The number of anilines is 1. The highest BCUT2D eigenvalue weighted by Gasteiger charge is 2.03. The maximum Gasteiger partial charge on any atom is 0.107 e. The summed E-state index contributed by atoms with van der Waals surface area (Å²) in [6, 6.07) is 5.66. The molecule has 1 aromatic carbocycles. The monoisotopic (exact) mass is 219 g/mol. The van der Waals surface area contributed by atoms with Crippen LogP contribution in [0, 0.1) is 0 Å². The zero-order valence-corrected chi connectivity index (χ0v) is 9.40. The summed E-state index contributed by atoms with van der Waals surface area (Å²) in [5.41, 5.74) is 8.36. The summed E-state index contributed by atoms with van der Waals surface area (Å²) in [4.78, 5) is 7.70. The molecule has 4 heteroatoms. The van der Waals surface area contributed by atoms with Crippen molar-refractivity contribution < 1.29 is 5.11 Å². The van der Waals surface area contributed by atoms with Crippen molar-refractivity contribution in [2.24, 2.45) is 0 Å². The Morgan fingerprint density at radius 2 is 2.31 bits per heavy atom. The van der Waals surface area contributed by atoms with Crippen molar-refractivity contribution in [3.63, 3.8) is 0 Å². The lowest BCUT2D eigenvalue weighted by Crippen LogP contribution is -2.00. The number of aliphatic hydroxyl groups excluding tert-OH is 1. The predicted molar refractivity (Wildman–Crippen MR) is 65.1 cm³/mol. The average molecular weight is 219 g/mol. The van der Waals surface area contributed by atoms with E-state index in [1.54, 1.807) is 6.92 Å². The minimum Gasteiger partial charge on any atom is -0.399 e. The standard InChI is InChI=1S/C12H17N3O/c1-8(16)3-2-4-12-14-10-6-5-9(13)7-11(10)15-12/h5-8,16H,2-4,13H2,1H3,(H,14,15)/t8-/m1/s1. The number of imidazole rings is 1. The number of nitrogens with zero attached hydrogens (tertiary/aromatic N) is 1. The Morgan fingerprint density at radius 3 is 3.06 bits per heavy atom. The Bertz CT molecular complexity index is 476. The van der Waals surface area contributed by atoms with Crippen LogP contribution in [0.25, 0.3) is 11.0 Å². The molecule has 0 saturated carbocycles. The summed E-state index contributed by atoms with van der Waals surface area (Å²) >= 11 is 0. The van der Waals surface area contributed by atoms with Crippen LogP contribution >= 0.6 is 0 Å². The van der Waals surface area contributed by atoms with Gasteiger partial charge in [0.15, 0.2) is 0 Å². The van der Waals surface area contributed by atoms with Gasteiger partial charge in [0.25, 0.3) is 0 Å². The molecule has 0 aliphatic rings. The summed E-state index contributed by atoms with van der Waals surface area (Å²) in [6.07, 6.45) is 2.37. The molecule has 0 amide bonds. The third-order valence-corrected chi connectivity index (χ3v) is 2.59. The molecule has 0 saturated heterocycles. The van der Waals surface area contributed by atoms with Crippen molar-refractivity contribution in [1.82, 2.24) is 9.97 Å². The van der Waals surface area contributed by atoms with E-state index in [2.05, 4.69) is 9.97 Å². The second kappa shape index (κ2) is 4.53. The fraction of sp³-hybridized carbons (Fsp3) is 0.417. The highest BCUT2D eigenvalue weighted by atomic mass is 16.3. The molecule has 16 heavy (non-hydrogen) atoms. The summed E-state index contributed by atoms with van der Waals surface area (Å²) in [5, 5.41) is 9.16. The van der Waals surface area contributed by atoms with E-state index >= 15 is 0 Å². The number of nitrogens with one attached hydrogen (secondary N) is 1. The van der Waals surface area contributed by atoms with Crippen LogP contribution in [-0.2, 0) is 6.42 Å². The zero-order chi connectivity index (χ0) is 11.5. The lowest BCUT2D eigenvalue weighted by atomic mass is 10.2. The Balaban J connectivity index is 2.08. The van der Waals surface area contributed by atoms with Crippen molar-refractivity contribution in [2.45, 2.75) is 32.3 Å². The van der Waals surface area contributed by atoms with Crippen molar-refractivity contribution in [3.8, 4) is 0 Å². The van der Waals surface area contributed by atoms with Crippen molar-refractivity contribution in [2.75, 3.05) is 5.73 Å². The topological polar surface area (TPSA) is 74.9 Å². The number of rotatable bonds is 4. The van der Waals surface area contributed by atoms with E-state index in [9.17, 15) is 0 Å². The normalized spacial score (nSPS) is 13.1. The molecule has 1 heterocycles. The number of aryl methyl sites for hydroxylation is 1. The summed E-state index contributed by atoms with van der Waals surface area (Å²) < 4.78 is 0. The first-order valence-corrected chi connectivity index (χ1v) is 5.57. The van der Waals surface area contributed by atoms with Crippen LogP contribution < -0.4 is 5.73 Å². The van der Waals surface area contributed by atoms with Gasteiger partial charge in [-0.2, -0.15) is 0 Å². The quantitative estimate of drug-likeness (QED) is 0.687. The molecule has 0 spiro atoms. The molecule has 0 aliphatic heterocycles. The molecule has 0 aliphatic carbocycles. The van der Waals surface area contributed by atoms with Gasteiger partial charge in [-0.15, -0.1) is 0 Å². The largest absolute Gasteiger partial charge is 0.399 e. The molecular formula is C12H17N3O. The molecule has 0 fully saturated rings. The highest BCUT2D eigenvalue weighted by molar-refractivity contribution is 5.78. The average Bonchev–Trinajstić information content (AvgIpc) is 2.58. The number of benzene rings is 1. The molecule has 4 nitrogen and oxygen atoms in total. The number of nitrogen functional groups attached to an aromatic ring is 1. The maximum atomic E-state index is 9.16. The summed E-state index contributed by atoms with van der Waals surface area (Å²) in [7, 11) is 0. The van der Waals surface area contributed by atoms with Gasteiger partial charge < -0.3 is 15.8 Å². The minimum atomic E-state index is -0.236. The number of hydrogen-bond acceptors (Lipinski definition) is 3. The number of aromatic amines is 1. The Labute approximate surface area is 94.5 Å².